The summed E-state index contributed by atoms with van der Waals surface area (Å²) in [5.74, 6) is 0.720. The number of halogens is 1. The summed E-state index contributed by atoms with van der Waals surface area (Å²) in [7, 11) is 0. The Labute approximate surface area is 100 Å². The number of hydrogen-bond acceptors (Lipinski definition) is 3. The molecule has 0 spiro atoms. The lowest BCUT2D eigenvalue weighted by atomic mass is 9.99. The largest absolute Gasteiger partial charge is 0.394 e. The molecule has 0 aliphatic heterocycles. The Hall–Kier alpha value is -0.580. The highest BCUT2D eigenvalue weighted by Crippen LogP contribution is 2.20. The van der Waals surface area contributed by atoms with E-state index < -0.39 is 5.54 Å². The van der Waals surface area contributed by atoms with E-state index in [0.717, 1.165) is 23.5 Å². The Bertz CT molecular complexity index is 313. The summed E-state index contributed by atoms with van der Waals surface area (Å²) in [6.45, 7) is 1.85. The van der Waals surface area contributed by atoms with Crippen LogP contribution in [-0.4, -0.2) is 23.0 Å². The van der Waals surface area contributed by atoms with Crippen molar-refractivity contribution in [3.05, 3.63) is 30.1 Å². The zero-order chi connectivity index (χ0) is 12.0. The van der Waals surface area contributed by atoms with Gasteiger partial charge in [-0.2, -0.15) is 0 Å². The van der Waals surface area contributed by atoms with Crippen molar-refractivity contribution >= 4 is 11.8 Å². The van der Waals surface area contributed by atoms with Crippen LogP contribution in [-0.2, 0) is 0 Å². The SMILES string of the molecule is CC(N)(CO)CCCSc1ccc(F)cc1. The third-order valence-electron chi connectivity index (χ3n) is 2.34. The topological polar surface area (TPSA) is 46.2 Å². The van der Waals surface area contributed by atoms with E-state index in [1.807, 2.05) is 6.92 Å². The second-order valence-electron chi connectivity index (χ2n) is 4.22. The number of aliphatic hydroxyl groups is 1. The second kappa shape index (κ2) is 6.23. The summed E-state index contributed by atoms with van der Waals surface area (Å²) >= 11 is 1.68. The van der Waals surface area contributed by atoms with Crippen LogP contribution in [0.3, 0.4) is 0 Å². The van der Waals surface area contributed by atoms with Crippen LogP contribution in [0.2, 0.25) is 0 Å². The summed E-state index contributed by atoms with van der Waals surface area (Å²) in [5.41, 5.74) is 5.32. The van der Waals surface area contributed by atoms with E-state index in [-0.39, 0.29) is 12.4 Å². The Morgan fingerprint density at radius 2 is 2.00 bits per heavy atom. The molecule has 16 heavy (non-hydrogen) atoms. The summed E-state index contributed by atoms with van der Waals surface area (Å²) < 4.78 is 12.6. The van der Waals surface area contributed by atoms with E-state index in [9.17, 15) is 4.39 Å². The van der Waals surface area contributed by atoms with Crippen LogP contribution in [0.4, 0.5) is 4.39 Å². The number of aliphatic hydroxyl groups excluding tert-OH is 1. The Kier molecular flexibility index (Phi) is 5.25. The zero-order valence-electron chi connectivity index (χ0n) is 9.45. The number of nitrogens with two attached hydrogens (primary N) is 1. The minimum atomic E-state index is -0.483. The maximum Gasteiger partial charge on any atom is 0.123 e. The van der Waals surface area contributed by atoms with Crippen LogP contribution >= 0.6 is 11.8 Å². The second-order valence-corrected chi connectivity index (χ2v) is 5.39. The smallest absolute Gasteiger partial charge is 0.123 e. The quantitative estimate of drug-likeness (QED) is 0.596. The van der Waals surface area contributed by atoms with Crippen LogP contribution in [0.15, 0.2) is 29.2 Å². The molecular weight excluding hydrogens is 225 g/mol. The lowest BCUT2D eigenvalue weighted by molar-refractivity contribution is 0.200. The Balaban J connectivity index is 2.23. The first-order chi connectivity index (χ1) is 7.53. The van der Waals surface area contributed by atoms with Crippen molar-refractivity contribution in [1.29, 1.82) is 0 Å². The molecule has 0 fully saturated rings. The molecular formula is C12H18FNOS. The van der Waals surface area contributed by atoms with Crippen molar-refractivity contribution in [1.82, 2.24) is 0 Å². The number of hydrogen-bond donors (Lipinski definition) is 2. The molecule has 0 bridgehead atoms. The number of rotatable bonds is 6. The van der Waals surface area contributed by atoms with Gasteiger partial charge in [-0.3, -0.25) is 0 Å². The van der Waals surface area contributed by atoms with Crippen molar-refractivity contribution in [2.45, 2.75) is 30.2 Å². The van der Waals surface area contributed by atoms with E-state index in [4.69, 9.17) is 10.8 Å². The van der Waals surface area contributed by atoms with E-state index >= 15 is 0 Å². The average molecular weight is 243 g/mol. The van der Waals surface area contributed by atoms with Crippen molar-refractivity contribution in [3.63, 3.8) is 0 Å². The first-order valence-electron chi connectivity index (χ1n) is 5.32. The molecule has 2 nitrogen and oxygen atoms in total. The standard InChI is InChI=1S/C12H18FNOS/c1-12(14,9-15)7-2-8-16-11-5-3-10(13)4-6-11/h3-6,15H,2,7-9,14H2,1H3. The van der Waals surface area contributed by atoms with Gasteiger partial charge in [0.1, 0.15) is 5.82 Å². The highest BCUT2D eigenvalue weighted by Gasteiger charge is 2.15. The monoisotopic (exact) mass is 243 g/mol. The molecule has 0 radical (unpaired) electrons. The third-order valence-corrected chi connectivity index (χ3v) is 3.43. The van der Waals surface area contributed by atoms with Gasteiger partial charge in [-0.1, -0.05) is 0 Å². The van der Waals surface area contributed by atoms with Gasteiger partial charge in [0.15, 0.2) is 0 Å². The van der Waals surface area contributed by atoms with E-state index in [1.165, 1.54) is 12.1 Å². The predicted octanol–water partition coefficient (Wildman–Crippen LogP) is 2.41. The van der Waals surface area contributed by atoms with Crippen LogP contribution in [0, 0.1) is 5.82 Å². The van der Waals surface area contributed by atoms with Crippen molar-refractivity contribution in [2.75, 3.05) is 12.4 Å². The first kappa shape index (κ1) is 13.5. The minimum absolute atomic E-state index is 0.00815. The molecule has 4 heteroatoms. The molecule has 1 aromatic rings. The fourth-order valence-electron chi connectivity index (χ4n) is 1.28. The van der Waals surface area contributed by atoms with Crippen LogP contribution < -0.4 is 5.73 Å². The van der Waals surface area contributed by atoms with Gasteiger partial charge in [-0.05, 0) is 49.8 Å². The van der Waals surface area contributed by atoms with Gasteiger partial charge in [0.05, 0.1) is 6.61 Å². The maximum absolute atomic E-state index is 12.6. The van der Waals surface area contributed by atoms with Crippen LogP contribution in [0.5, 0.6) is 0 Å². The van der Waals surface area contributed by atoms with Gasteiger partial charge in [0, 0.05) is 10.4 Å². The molecule has 0 saturated heterocycles. The first-order valence-corrected chi connectivity index (χ1v) is 6.30. The molecule has 1 rings (SSSR count). The molecule has 0 heterocycles. The highest BCUT2D eigenvalue weighted by atomic mass is 32.2. The third kappa shape index (κ3) is 4.96. The molecule has 0 aromatic heterocycles. The molecule has 1 unspecified atom stereocenters. The van der Waals surface area contributed by atoms with Gasteiger partial charge in [-0.15, -0.1) is 11.8 Å². The number of thioether (sulfide) groups is 1. The summed E-state index contributed by atoms with van der Waals surface area (Å²) in [4.78, 5) is 1.06. The van der Waals surface area contributed by atoms with E-state index in [0.29, 0.717) is 0 Å². The Morgan fingerprint density at radius 3 is 2.56 bits per heavy atom. The number of benzene rings is 1. The van der Waals surface area contributed by atoms with Gasteiger partial charge >= 0.3 is 0 Å². The summed E-state index contributed by atoms with van der Waals surface area (Å²) in [5, 5.41) is 8.97. The summed E-state index contributed by atoms with van der Waals surface area (Å²) in [6.07, 6.45) is 1.73. The van der Waals surface area contributed by atoms with Gasteiger partial charge in [0.25, 0.3) is 0 Å². The van der Waals surface area contributed by atoms with Gasteiger partial charge in [-0.25, -0.2) is 4.39 Å². The zero-order valence-corrected chi connectivity index (χ0v) is 10.3. The predicted molar refractivity (Wildman–Crippen MR) is 66.0 cm³/mol. The summed E-state index contributed by atoms with van der Waals surface area (Å²) in [6, 6.07) is 6.47. The molecule has 1 atom stereocenters. The fraction of sp³-hybridized carbons (Fsp3) is 0.500. The van der Waals surface area contributed by atoms with E-state index in [2.05, 4.69) is 0 Å². The lowest BCUT2D eigenvalue weighted by Crippen LogP contribution is -2.40. The normalized spacial score (nSPS) is 14.8. The van der Waals surface area contributed by atoms with Crippen LogP contribution in [0.1, 0.15) is 19.8 Å². The van der Waals surface area contributed by atoms with Crippen molar-refractivity contribution in [3.8, 4) is 0 Å². The van der Waals surface area contributed by atoms with Gasteiger partial charge < -0.3 is 10.8 Å². The molecule has 90 valence electrons. The molecule has 0 aliphatic carbocycles. The maximum atomic E-state index is 12.6. The van der Waals surface area contributed by atoms with E-state index in [1.54, 1.807) is 23.9 Å². The molecule has 1 aromatic carbocycles. The van der Waals surface area contributed by atoms with Crippen LogP contribution in [0.25, 0.3) is 0 Å². The highest BCUT2D eigenvalue weighted by molar-refractivity contribution is 7.99. The van der Waals surface area contributed by atoms with Crippen molar-refractivity contribution in [2.24, 2.45) is 5.73 Å². The molecule has 0 amide bonds. The molecule has 0 aliphatic rings. The Morgan fingerprint density at radius 1 is 1.38 bits per heavy atom. The van der Waals surface area contributed by atoms with Gasteiger partial charge in [0.2, 0.25) is 0 Å². The molecule has 0 saturated carbocycles. The lowest BCUT2D eigenvalue weighted by Gasteiger charge is -2.21. The minimum Gasteiger partial charge on any atom is -0.394 e. The fourth-order valence-corrected chi connectivity index (χ4v) is 2.13. The van der Waals surface area contributed by atoms with Crippen molar-refractivity contribution < 1.29 is 9.50 Å². The average Bonchev–Trinajstić information content (AvgIpc) is 2.27. The molecule has 3 N–H and O–H groups in total.